The van der Waals surface area contributed by atoms with E-state index in [-0.39, 0.29) is 29.5 Å². The second-order valence-corrected chi connectivity index (χ2v) is 9.91. The van der Waals surface area contributed by atoms with Crippen LogP contribution in [0, 0.1) is 17.3 Å². The van der Waals surface area contributed by atoms with Crippen molar-refractivity contribution in [3.05, 3.63) is 0 Å². The quantitative estimate of drug-likeness (QED) is 0.795. The van der Waals surface area contributed by atoms with Crippen LogP contribution in [-0.2, 0) is 9.39 Å². The van der Waals surface area contributed by atoms with E-state index in [1.165, 1.54) is 0 Å². The Hall–Kier alpha value is -0.745. The second kappa shape index (κ2) is 6.16. The number of rotatable bonds is 3. The van der Waals surface area contributed by atoms with Crippen molar-refractivity contribution >= 4 is 13.6 Å². The average Bonchev–Trinajstić information content (AvgIpc) is 2.91. The predicted molar refractivity (Wildman–Crippen MR) is 97.2 cm³/mol. The summed E-state index contributed by atoms with van der Waals surface area (Å²) in [5.74, 6) is 0.821. The number of amides is 1. The van der Waals surface area contributed by atoms with Crippen molar-refractivity contribution in [3.63, 3.8) is 0 Å². The summed E-state index contributed by atoms with van der Waals surface area (Å²) in [5.41, 5.74) is -1.12. The van der Waals surface area contributed by atoms with Crippen LogP contribution in [0.15, 0.2) is 0 Å². The number of hydrogen-bond donors (Lipinski definition) is 1. The van der Waals surface area contributed by atoms with Crippen LogP contribution in [0.1, 0.15) is 67.2 Å². The fraction of sp³-hybridized carbons (Fsp3) is 0.947. The molecule has 5 atom stereocenters. The Morgan fingerprint density at radius 1 is 1.24 bits per heavy atom. The Labute approximate surface area is 152 Å². The van der Waals surface area contributed by atoms with Gasteiger partial charge in [-0.05, 0) is 70.6 Å². The maximum Gasteiger partial charge on any atom is 0.409 e. The van der Waals surface area contributed by atoms with Crippen molar-refractivity contribution in [2.24, 2.45) is 17.3 Å². The Bertz CT molecular complexity index is 528. The minimum Gasteiger partial charge on any atom is -0.444 e. The summed E-state index contributed by atoms with van der Waals surface area (Å²) in [4.78, 5) is 14.1. The van der Waals surface area contributed by atoms with Crippen molar-refractivity contribution < 1.29 is 19.3 Å². The largest absolute Gasteiger partial charge is 0.444 e. The average molecular weight is 350 g/mol. The lowest BCUT2D eigenvalue weighted by Gasteiger charge is -2.65. The van der Waals surface area contributed by atoms with Gasteiger partial charge >= 0.3 is 13.6 Å². The highest BCUT2D eigenvalue weighted by molar-refractivity contribution is 6.30. The summed E-state index contributed by atoms with van der Waals surface area (Å²) < 4.78 is 11.6. The van der Waals surface area contributed by atoms with E-state index in [1.54, 1.807) is 12.4 Å². The van der Waals surface area contributed by atoms with Crippen LogP contribution in [0.25, 0.3) is 0 Å². The van der Waals surface area contributed by atoms with E-state index < -0.39 is 11.2 Å². The highest BCUT2D eigenvalue weighted by atomic mass is 16.6. The molecular weight excluding hydrogens is 317 g/mol. The molecule has 0 aromatic heterocycles. The highest BCUT2D eigenvalue weighted by Gasteiger charge is 2.63. The van der Waals surface area contributed by atoms with Gasteiger partial charge in [-0.25, -0.2) is 4.79 Å². The smallest absolute Gasteiger partial charge is 0.409 e. The molecule has 1 radical (unpaired) electrons. The monoisotopic (exact) mass is 350 g/mol. The molecule has 1 amide bonds. The van der Waals surface area contributed by atoms with Crippen molar-refractivity contribution in [2.45, 2.75) is 90.5 Å². The fourth-order valence-corrected chi connectivity index (χ4v) is 4.99. The first-order valence-electron chi connectivity index (χ1n) is 9.63. The van der Waals surface area contributed by atoms with Gasteiger partial charge in [-0.3, -0.25) is 0 Å². The third-order valence-electron chi connectivity index (χ3n) is 6.65. The van der Waals surface area contributed by atoms with Crippen LogP contribution in [-0.4, -0.2) is 53.4 Å². The van der Waals surface area contributed by atoms with Gasteiger partial charge in [-0.2, -0.15) is 0 Å². The summed E-state index contributed by atoms with van der Waals surface area (Å²) >= 11 is 0. The van der Waals surface area contributed by atoms with Crippen molar-refractivity contribution in [3.8, 4) is 0 Å². The van der Waals surface area contributed by atoms with Crippen LogP contribution in [0.4, 0.5) is 4.79 Å². The molecule has 2 bridgehead atoms. The number of carbonyl (C=O) groups excluding carboxylic acids is 1. The first-order chi connectivity index (χ1) is 11.4. The van der Waals surface area contributed by atoms with Crippen LogP contribution < -0.4 is 0 Å². The molecule has 4 rings (SSSR count). The SMILES string of the molecule is CC(C)(C)OC(=O)N1CCCC1[B]OC1CC2CC(C2(C)C)C1(C)O. The molecule has 3 aliphatic carbocycles. The molecule has 4 aliphatic rings. The lowest BCUT2D eigenvalue weighted by molar-refractivity contribution is -0.239. The third-order valence-corrected chi connectivity index (χ3v) is 6.65. The summed E-state index contributed by atoms with van der Waals surface area (Å²) in [6, 6.07) is 0. The molecule has 141 valence electrons. The molecule has 3 saturated carbocycles. The molecule has 0 aromatic rings. The molecule has 5 unspecified atom stereocenters. The molecule has 6 heteroatoms. The highest BCUT2D eigenvalue weighted by Crippen LogP contribution is 2.63. The van der Waals surface area contributed by atoms with Crippen molar-refractivity contribution in [2.75, 3.05) is 6.54 Å². The zero-order valence-electron chi connectivity index (χ0n) is 16.5. The molecule has 5 nitrogen and oxygen atoms in total. The van der Waals surface area contributed by atoms with Gasteiger partial charge in [-0.1, -0.05) is 13.8 Å². The van der Waals surface area contributed by atoms with Crippen LogP contribution in [0.5, 0.6) is 0 Å². The molecule has 4 fully saturated rings. The number of fused-ring (bicyclic) bond motifs is 2. The van der Waals surface area contributed by atoms with E-state index in [1.807, 2.05) is 27.7 Å². The zero-order chi connectivity index (χ0) is 18.6. The van der Waals surface area contributed by atoms with E-state index in [0.29, 0.717) is 12.5 Å². The van der Waals surface area contributed by atoms with E-state index in [0.717, 1.165) is 25.7 Å². The van der Waals surface area contributed by atoms with Crippen molar-refractivity contribution in [1.29, 1.82) is 0 Å². The Kier molecular flexibility index (Phi) is 4.69. The number of carbonyl (C=O) groups is 1. The molecule has 25 heavy (non-hydrogen) atoms. The Morgan fingerprint density at radius 3 is 2.48 bits per heavy atom. The standard InChI is InChI=1S/C19H33BNO4/c1-17(2,3)24-16(22)21-9-7-8-15(21)20-25-14-11-12-10-13(18(12,4)5)19(14,6)23/h12-15,23H,7-11H2,1-6H3. The summed E-state index contributed by atoms with van der Waals surface area (Å²) in [7, 11) is 1.77. The van der Waals surface area contributed by atoms with Crippen LogP contribution >= 0.6 is 0 Å². The normalized spacial score (nSPS) is 39.7. The maximum atomic E-state index is 12.4. The van der Waals surface area contributed by atoms with Gasteiger partial charge in [-0.15, -0.1) is 0 Å². The lowest BCUT2D eigenvalue weighted by Crippen LogP contribution is -2.67. The minimum absolute atomic E-state index is 0.0723. The van der Waals surface area contributed by atoms with Crippen molar-refractivity contribution in [1.82, 2.24) is 4.90 Å². The molecule has 1 saturated heterocycles. The van der Waals surface area contributed by atoms with Gasteiger partial charge in [0.1, 0.15) is 5.60 Å². The Balaban J connectivity index is 1.57. The molecular formula is C19H33BNO4. The first-order valence-corrected chi connectivity index (χ1v) is 9.63. The molecule has 1 heterocycles. The van der Waals surface area contributed by atoms with Gasteiger partial charge in [0.05, 0.1) is 11.7 Å². The van der Waals surface area contributed by atoms with Gasteiger partial charge in [0.15, 0.2) is 0 Å². The maximum absolute atomic E-state index is 12.4. The third kappa shape index (κ3) is 3.44. The minimum atomic E-state index is -0.815. The van der Waals surface area contributed by atoms with Gasteiger partial charge in [0, 0.05) is 12.5 Å². The van der Waals surface area contributed by atoms with E-state index in [2.05, 4.69) is 13.8 Å². The number of hydrogen-bond acceptors (Lipinski definition) is 4. The topological polar surface area (TPSA) is 59.0 Å². The fourth-order valence-electron chi connectivity index (χ4n) is 4.99. The van der Waals surface area contributed by atoms with E-state index in [9.17, 15) is 9.90 Å². The van der Waals surface area contributed by atoms with Gasteiger partial charge in [0.2, 0.25) is 0 Å². The summed E-state index contributed by atoms with van der Waals surface area (Å²) in [5, 5.41) is 11.0. The predicted octanol–water partition coefficient (Wildman–Crippen LogP) is 3.16. The zero-order valence-corrected chi connectivity index (χ0v) is 16.5. The second-order valence-electron chi connectivity index (χ2n) is 9.91. The van der Waals surface area contributed by atoms with E-state index in [4.69, 9.17) is 9.39 Å². The molecule has 1 aliphatic heterocycles. The number of ether oxygens (including phenoxy) is 1. The number of likely N-dealkylation sites (tertiary alicyclic amines) is 1. The van der Waals surface area contributed by atoms with E-state index >= 15 is 0 Å². The number of aliphatic hydroxyl groups is 1. The molecule has 0 spiro atoms. The van der Waals surface area contributed by atoms with Gasteiger partial charge < -0.3 is 19.4 Å². The number of nitrogens with zero attached hydrogens (tertiary/aromatic N) is 1. The Morgan fingerprint density at radius 2 is 1.92 bits per heavy atom. The first kappa shape index (κ1) is 19.0. The van der Waals surface area contributed by atoms with Gasteiger partial charge in [0.25, 0.3) is 0 Å². The lowest BCUT2D eigenvalue weighted by atomic mass is 9.43. The summed E-state index contributed by atoms with van der Waals surface area (Å²) in [6.07, 6.45) is 3.33. The molecule has 1 N–H and O–H groups in total. The molecule has 0 aromatic carbocycles. The van der Waals surface area contributed by atoms with Crippen LogP contribution in [0.3, 0.4) is 0 Å². The summed E-state index contributed by atoms with van der Waals surface area (Å²) in [6.45, 7) is 12.7. The van der Waals surface area contributed by atoms with Crippen LogP contribution in [0.2, 0.25) is 0 Å².